The van der Waals surface area contributed by atoms with E-state index in [0.29, 0.717) is 12.1 Å². The van der Waals surface area contributed by atoms with E-state index in [9.17, 15) is 5.11 Å². The molecule has 0 aromatic rings. The lowest BCUT2D eigenvalue weighted by molar-refractivity contribution is 0.0366. The molecule has 0 radical (unpaired) electrons. The first kappa shape index (κ1) is 22.6. The van der Waals surface area contributed by atoms with E-state index >= 15 is 0 Å². The van der Waals surface area contributed by atoms with Gasteiger partial charge in [-0.05, 0) is 50.9 Å². The van der Waals surface area contributed by atoms with Crippen LogP contribution in [0.15, 0.2) is 4.99 Å². The summed E-state index contributed by atoms with van der Waals surface area (Å²) in [7, 11) is 1.83. The monoisotopic (exact) mass is 496 g/mol. The Bertz CT molecular complexity index is 445. The second kappa shape index (κ2) is 10.7. The minimum Gasteiger partial charge on any atom is -0.387 e. The summed E-state index contributed by atoms with van der Waals surface area (Å²) in [5.74, 6) is 2.73. The smallest absolute Gasteiger partial charge is 0.191 e. The largest absolute Gasteiger partial charge is 0.387 e. The highest BCUT2D eigenvalue weighted by Gasteiger charge is 2.38. The van der Waals surface area contributed by atoms with Gasteiger partial charge in [-0.2, -0.15) is 11.8 Å². The van der Waals surface area contributed by atoms with Crippen molar-refractivity contribution >= 4 is 41.7 Å². The first-order valence-corrected chi connectivity index (χ1v) is 11.3. The molecule has 1 saturated carbocycles. The van der Waals surface area contributed by atoms with Crippen LogP contribution in [0.4, 0.5) is 0 Å². The van der Waals surface area contributed by atoms with Gasteiger partial charge in [0.2, 0.25) is 0 Å². The summed E-state index contributed by atoms with van der Waals surface area (Å²) >= 11 is 1.84. The highest BCUT2D eigenvalue weighted by Crippen LogP contribution is 2.35. The Kier molecular flexibility index (Phi) is 9.30. The van der Waals surface area contributed by atoms with Crippen molar-refractivity contribution in [3.05, 3.63) is 0 Å². The Morgan fingerprint density at radius 2 is 1.65 bits per heavy atom. The summed E-state index contributed by atoms with van der Waals surface area (Å²) in [6.45, 7) is 4.08. The number of hydrogen-bond acceptors (Lipinski definition) is 4. The lowest BCUT2D eigenvalue weighted by Crippen LogP contribution is -2.59. The van der Waals surface area contributed by atoms with Gasteiger partial charge in [0.25, 0.3) is 0 Å². The van der Waals surface area contributed by atoms with Gasteiger partial charge in [-0.3, -0.25) is 9.89 Å². The van der Waals surface area contributed by atoms with Crippen LogP contribution in [0.5, 0.6) is 0 Å². The molecular formula is C19H37IN4OS. The van der Waals surface area contributed by atoms with Crippen LogP contribution in [-0.2, 0) is 0 Å². The Morgan fingerprint density at radius 1 is 1.00 bits per heavy atom. The van der Waals surface area contributed by atoms with Crippen LogP contribution >= 0.6 is 35.7 Å². The molecule has 3 fully saturated rings. The van der Waals surface area contributed by atoms with E-state index in [0.717, 1.165) is 30.4 Å². The van der Waals surface area contributed by atoms with Crippen molar-refractivity contribution in [1.82, 2.24) is 15.5 Å². The van der Waals surface area contributed by atoms with E-state index in [2.05, 4.69) is 20.5 Å². The van der Waals surface area contributed by atoms with Gasteiger partial charge in [0.15, 0.2) is 5.96 Å². The van der Waals surface area contributed by atoms with E-state index < -0.39 is 5.60 Å². The van der Waals surface area contributed by atoms with Crippen molar-refractivity contribution < 1.29 is 5.11 Å². The number of likely N-dealkylation sites (tertiary alicyclic amines) is 1. The molecular weight excluding hydrogens is 459 g/mol. The van der Waals surface area contributed by atoms with Gasteiger partial charge in [-0.25, -0.2) is 0 Å². The third kappa shape index (κ3) is 5.88. The van der Waals surface area contributed by atoms with Crippen molar-refractivity contribution in [2.24, 2.45) is 4.99 Å². The van der Waals surface area contributed by atoms with E-state index in [1.165, 1.54) is 64.5 Å². The normalized spacial score (nSPS) is 29.8. The fraction of sp³-hybridized carbons (Fsp3) is 0.947. The number of nitrogens with one attached hydrogen (secondary N) is 2. The molecule has 1 atom stereocenters. The summed E-state index contributed by atoms with van der Waals surface area (Å²) in [5.41, 5.74) is -0.270. The quantitative estimate of drug-likeness (QED) is 0.311. The third-order valence-electron chi connectivity index (χ3n) is 6.29. The number of rotatable bonds is 5. The topological polar surface area (TPSA) is 59.9 Å². The fourth-order valence-corrected chi connectivity index (χ4v) is 5.93. The van der Waals surface area contributed by atoms with Crippen LogP contribution in [0.25, 0.3) is 0 Å². The lowest BCUT2D eigenvalue weighted by Gasteiger charge is -2.48. The highest BCUT2D eigenvalue weighted by molar-refractivity contribution is 14.0. The fourth-order valence-electron chi connectivity index (χ4n) is 4.64. The lowest BCUT2D eigenvalue weighted by atomic mass is 9.79. The predicted molar refractivity (Wildman–Crippen MR) is 123 cm³/mol. The van der Waals surface area contributed by atoms with Gasteiger partial charge >= 0.3 is 0 Å². The maximum atomic E-state index is 10.5. The second-order valence-corrected chi connectivity index (χ2v) is 9.24. The number of guanidine groups is 1. The Labute approximate surface area is 180 Å². The van der Waals surface area contributed by atoms with Crippen LogP contribution in [-0.4, -0.2) is 71.8 Å². The molecule has 0 aromatic heterocycles. The zero-order valence-electron chi connectivity index (χ0n) is 16.3. The van der Waals surface area contributed by atoms with Gasteiger partial charge in [-0.1, -0.05) is 25.7 Å². The summed E-state index contributed by atoms with van der Waals surface area (Å²) in [5, 5.41) is 17.5. The molecule has 2 saturated heterocycles. The first-order chi connectivity index (χ1) is 12.2. The maximum absolute atomic E-state index is 10.5. The summed E-state index contributed by atoms with van der Waals surface area (Å²) < 4.78 is 0. The average Bonchev–Trinajstić information content (AvgIpc) is 3.10. The van der Waals surface area contributed by atoms with E-state index in [4.69, 9.17) is 0 Å². The minimum absolute atomic E-state index is 0. The highest BCUT2D eigenvalue weighted by atomic mass is 127. The van der Waals surface area contributed by atoms with Gasteiger partial charge in [-0.15, -0.1) is 24.0 Å². The van der Waals surface area contributed by atoms with Gasteiger partial charge in [0.1, 0.15) is 0 Å². The van der Waals surface area contributed by atoms with Crippen molar-refractivity contribution in [1.29, 1.82) is 0 Å². The zero-order valence-corrected chi connectivity index (χ0v) is 19.4. The molecule has 0 aromatic carbocycles. The number of aliphatic hydroxyl groups is 1. The summed E-state index contributed by atoms with van der Waals surface area (Å²) in [4.78, 5) is 7.16. The predicted octanol–water partition coefficient (Wildman–Crippen LogP) is 2.83. The summed E-state index contributed by atoms with van der Waals surface area (Å²) in [6, 6.07) is 0. The zero-order chi connectivity index (χ0) is 17.6. The number of halogens is 1. The average molecular weight is 497 g/mol. The van der Waals surface area contributed by atoms with Gasteiger partial charge in [0.05, 0.1) is 5.60 Å². The molecule has 2 aliphatic heterocycles. The Hall–Kier alpha value is 0.270. The Morgan fingerprint density at radius 3 is 2.27 bits per heavy atom. The van der Waals surface area contributed by atoms with Crippen LogP contribution < -0.4 is 10.6 Å². The van der Waals surface area contributed by atoms with Crippen LogP contribution in [0.1, 0.15) is 57.8 Å². The SMILES string of the molecule is CN=C(NCC1(O)CCSC1)NCC1(N2CCCCC2)CCCCC1.I. The molecule has 3 N–H and O–H groups in total. The van der Waals surface area contributed by atoms with Crippen molar-refractivity contribution in [3.8, 4) is 0 Å². The van der Waals surface area contributed by atoms with Crippen LogP contribution in [0.3, 0.4) is 0 Å². The first-order valence-electron chi connectivity index (χ1n) is 10.2. The van der Waals surface area contributed by atoms with Crippen LogP contribution in [0, 0.1) is 0 Å². The number of nitrogens with zero attached hydrogens (tertiary/aromatic N) is 2. The van der Waals surface area contributed by atoms with Gasteiger partial charge in [0, 0.05) is 31.4 Å². The Balaban J connectivity index is 0.00000243. The van der Waals surface area contributed by atoms with Crippen molar-refractivity contribution in [2.45, 2.75) is 68.9 Å². The molecule has 7 heteroatoms. The molecule has 3 rings (SSSR count). The van der Waals surface area contributed by atoms with Crippen LogP contribution in [0.2, 0.25) is 0 Å². The molecule has 152 valence electrons. The van der Waals surface area contributed by atoms with E-state index in [1.807, 2.05) is 18.8 Å². The van der Waals surface area contributed by atoms with E-state index in [-0.39, 0.29) is 24.0 Å². The maximum Gasteiger partial charge on any atom is 0.191 e. The molecule has 0 spiro atoms. The molecule has 1 aliphatic carbocycles. The molecule has 5 nitrogen and oxygen atoms in total. The minimum atomic E-state index is -0.572. The molecule has 0 bridgehead atoms. The standard InChI is InChI=1S/C19H36N4OS.HI/c1-20-17(22-15-19(24)10-13-25-16-19)21-14-18(8-4-2-5-9-18)23-11-6-3-7-12-23;/h24H,2-16H2,1H3,(H2,20,21,22);1H. The molecule has 2 heterocycles. The van der Waals surface area contributed by atoms with Gasteiger partial charge < -0.3 is 15.7 Å². The second-order valence-electron chi connectivity index (χ2n) is 8.14. The third-order valence-corrected chi connectivity index (χ3v) is 7.52. The number of thioether (sulfide) groups is 1. The van der Waals surface area contributed by atoms with Crippen molar-refractivity contribution in [2.75, 3.05) is 44.7 Å². The molecule has 26 heavy (non-hydrogen) atoms. The summed E-state index contributed by atoms with van der Waals surface area (Å²) in [6.07, 6.45) is 11.6. The number of hydrogen-bond donors (Lipinski definition) is 3. The number of aliphatic imine (C=N–C) groups is 1. The molecule has 1 unspecified atom stereocenters. The van der Waals surface area contributed by atoms with Crippen molar-refractivity contribution in [3.63, 3.8) is 0 Å². The molecule has 0 amide bonds. The molecule has 3 aliphatic rings. The number of piperidine rings is 1. The van der Waals surface area contributed by atoms with E-state index in [1.54, 1.807) is 0 Å².